The number of phenolic OH excluding ortho intramolecular Hbond substituents is 1. The summed E-state index contributed by atoms with van der Waals surface area (Å²) in [5.41, 5.74) is 5.77. The van der Waals surface area contributed by atoms with Crippen molar-refractivity contribution in [2.75, 3.05) is 12.3 Å². The highest BCUT2D eigenvalue weighted by Crippen LogP contribution is 2.24. The molecule has 0 aliphatic carbocycles. The average molecular weight is 815 g/mol. The Bertz CT molecular complexity index is 1680. The monoisotopic (exact) mass is 814 g/mol. The molecule has 0 bridgehead atoms. The number of nitrogens with two attached hydrogens (primary N) is 1. The molecule has 0 saturated heterocycles. The van der Waals surface area contributed by atoms with Gasteiger partial charge in [-0.25, -0.2) is 4.79 Å². The molecule has 0 aliphatic rings. The van der Waals surface area contributed by atoms with Gasteiger partial charge in [0.05, 0.1) is 18.7 Å². The summed E-state index contributed by atoms with van der Waals surface area (Å²) in [6.07, 6.45) is -1.16. The SMILES string of the molecule is CC(C)C[C@H](NC(=O)[C@H](Cc1ccccc1)NC(=O)CNC(=O)[C@H](CS)N(C(=O)[C@@H](N)Cc1ccc(O)cc1)C(C)(C)C)C(=O)N([C@H](C(=O)O)[C@H](C)O)C(C)(C)C. The maximum atomic E-state index is 14.2. The van der Waals surface area contributed by atoms with Gasteiger partial charge in [-0.15, -0.1) is 0 Å². The van der Waals surface area contributed by atoms with Gasteiger partial charge in [-0.05, 0) is 90.5 Å². The van der Waals surface area contributed by atoms with Crippen molar-refractivity contribution in [3.05, 3.63) is 65.7 Å². The number of aliphatic carboxylic acids is 1. The fourth-order valence-electron chi connectivity index (χ4n) is 6.53. The van der Waals surface area contributed by atoms with Gasteiger partial charge in [-0.2, -0.15) is 12.6 Å². The molecular formula is C41H62N6O9S. The molecule has 0 heterocycles. The van der Waals surface area contributed by atoms with Crippen LogP contribution in [0.3, 0.4) is 0 Å². The van der Waals surface area contributed by atoms with Gasteiger partial charge < -0.3 is 46.8 Å². The minimum atomic E-state index is -1.60. The molecular weight excluding hydrogens is 753 g/mol. The third-order valence-corrected chi connectivity index (χ3v) is 9.43. The molecule has 0 spiro atoms. The Morgan fingerprint density at radius 3 is 1.77 bits per heavy atom. The van der Waals surface area contributed by atoms with Gasteiger partial charge in [0.2, 0.25) is 29.5 Å². The van der Waals surface area contributed by atoms with Crippen LogP contribution in [0.25, 0.3) is 0 Å². The molecule has 0 saturated carbocycles. The van der Waals surface area contributed by atoms with Gasteiger partial charge in [0, 0.05) is 23.3 Å². The first-order chi connectivity index (χ1) is 26.4. The van der Waals surface area contributed by atoms with E-state index in [0.29, 0.717) is 11.1 Å². The van der Waals surface area contributed by atoms with E-state index in [1.165, 1.54) is 24.0 Å². The lowest BCUT2D eigenvalue weighted by Crippen LogP contribution is -2.64. The summed E-state index contributed by atoms with van der Waals surface area (Å²) in [6.45, 7) is 14.5. The molecule has 2 aromatic rings. The Balaban J connectivity index is 2.34. The summed E-state index contributed by atoms with van der Waals surface area (Å²) in [5, 5.41) is 38.0. The second-order valence-corrected chi connectivity index (χ2v) is 17.0. The summed E-state index contributed by atoms with van der Waals surface area (Å²) in [4.78, 5) is 83.7. The molecule has 6 atom stereocenters. The van der Waals surface area contributed by atoms with E-state index in [-0.39, 0.29) is 36.7 Å². The lowest BCUT2D eigenvalue weighted by molar-refractivity contribution is -0.162. The molecule has 0 fully saturated rings. The zero-order valence-electron chi connectivity index (χ0n) is 34.5. The average Bonchev–Trinajstić information content (AvgIpc) is 3.10. The number of amides is 5. The Kier molecular flexibility index (Phi) is 18.0. The highest BCUT2D eigenvalue weighted by Gasteiger charge is 2.44. The van der Waals surface area contributed by atoms with Crippen molar-refractivity contribution in [1.82, 2.24) is 25.8 Å². The molecule has 316 valence electrons. The van der Waals surface area contributed by atoms with E-state index in [1.54, 1.807) is 84.0 Å². The van der Waals surface area contributed by atoms with Gasteiger partial charge in [-0.1, -0.05) is 56.3 Å². The lowest BCUT2D eigenvalue weighted by Gasteiger charge is -2.43. The standard InChI is InChI=1S/C41H62N6O9S/c1-24(2)19-31(38(54)47(41(7,8)9)34(25(3)48)39(55)56)45-35(51)30(21-26-13-11-10-12-14-26)44-33(50)22-43-36(52)32(23-57)46(40(4,5)6)37(53)29(42)20-27-15-17-28(49)18-16-27/h10-18,24-25,29-32,34,48-49,57H,19-23,42H2,1-9H3,(H,43,52)(H,44,50)(H,45,51)(H,55,56)/t25-,29-,30-,31-,32-,34-/m0/s1. The molecule has 8 N–H and O–H groups in total. The number of nitrogens with one attached hydrogen (secondary N) is 3. The number of aromatic hydroxyl groups is 1. The predicted molar refractivity (Wildman–Crippen MR) is 220 cm³/mol. The molecule has 2 aromatic carbocycles. The summed E-state index contributed by atoms with van der Waals surface area (Å²) >= 11 is 4.37. The number of benzene rings is 2. The molecule has 15 nitrogen and oxygen atoms in total. The second kappa shape index (κ2) is 21.2. The van der Waals surface area contributed by atoms with Crippen molar-refractivity contribution in [1.29, 1.82) is 0 Å². The number of phenols is 1. The van der Waals surface area contributed by atoms with Gasteiger partial charge in [0.15, 0.2) is 6.04 Å². The number of hydrogen-bond donors (Lipinski definition) is 8. The molecule has 5 amide bonds. The summed E-state index contributed by atoms with van der Waals surface area (Å²) in [7, 11) is 0. The van der Waals surface area contributed by atoms with Crippen LogP contribution in [0.4, 0.5) is 0 Å². The quantitative estimate of drug-likeness (QED) is 0.0962. The third kappa shape index (κ3) is 14.7. The lowest BCUT2D eigenvalue weighted by atomic mass is 9.95. The minimum absolute atomic E-state index is 0.00779. The molecule has 2 rings (SSSR count). The van der Waals surface area contributed by atoms with Crippen LogP contribution in [0, 0.1) is 5.92 Å². The van der Waals surface area contributed by atoms with Crippen molar-refractivity contribution >= 4 is 48.1 Å². The van der Waals surface area contributed by atoms with E-state index >= 15 is 0 Å². The smallest absolute Gasteiger partial charge is 0.329 e. The van der Waals surface area contributed by atoms with Crippen molar-refractivity contribution in [3.8, 4) is 5.75 Å². The Labute approximate surface area is 341 Å². The van der Waals surface area contributed by atoms with E-state index in [4.69, 9.17) is 5.73 Å². The molecule has 16 heteroatoms. The topological polar surface area (TPSA) is 232 Å². The first-order valence-electron chi connectivity index (χ1n) is 19.0. The van der Waals surface area contributed by atoms with Gasteiger partial charge >= 0.3 is 5.97 Å². The largest absolute Gasteiger partial charge is 0.508 e. The van der Waals surface area contributed by atoms with Crippen LogP contribution in [0.15, 0.2) is 54.6 Å². The Hall–Kier alpha value is -4.67. The number of thiol groups is 1. The zero-order chi connectivity index (χ0) is 43.4. The van der Waals surface area contributed by atoms with Crippen LogP contribution >= 0.6 is 12.6 Å². The van der Waals surface area contributed by atoms with E-state index in [0.717, 1.165) is 4.90 Å². The summed E-state index contributed by atoms with van der Waals surface area (Å²) in [5.74, 6) is -4.96. The zero-order valence-corrected chi connectivity index (χ0v) is 35.4. The predicted octanol–water partition coefficient (Wildman–Crippen LogP) is 2.02. The number of aliphatic hydroxyl groups is 1. The highest BCUT2D eigenvalue weighted by molar-refractivity contribution is 7.80. The number of aliphatic hydroxyl groups excluding tert-OH is 1. The first kappa shape index (κ1) is 48.5. The fourth-order valence-corrected chi connectivity index (χ4v) is 6.85. The number of nitrogens with zero attached hydrogens (tertiary/aromatic N) is 2. The molecule has 0 aliphatic heterocycles. The van der Waals surface area contributed by atoms with E-state index in [2.05, 4.69) is 28.6 Å². The number of hydrogen-bond acceptors (Lipinski definition) is 10. The Morgan fingerprint density at radius 2 is 1.30 bits per heavy atom. The van der Waals surface area contributed by atoms with Crippen molar-refractivity contribution in [2.45, 2.75) is 129 Å². The van der Waals surface area contributed by atoms with Crippen LogP contribution < -0.4 is 21.7 Å². The van der Waals surface area contributed by atoms with Gasteiger partial charge in [0.25, 0.3) is 0 Å². The fraction of sp³-hybridized carbons (Fsp3) is 0.561. The molecule has 57 heavy (non-hydrogen) atoms. The second-order valence-electron chi connectivity index (χ2n) is 16.7. The number of carboxylic acid groups (broad SMARTS) is 1. The molecule has 0 unspecified atom stereocenters. The normalized spacial score (nSPS) is 15.0. The van der Waals surface area contributed by atoms with E-state index < -0.39 is 89.4 Å². The van der Waals surface area contributed by atoms with Crippen molar-refractivity contribution in [3.63, 3.8) is 0 Å². The number of carbonyl (C=O) groups is 6. The van der Waals surface area contributed by atoms with Crippen molar-refractivity contribution < 1.29 is 44.1 Å². The van der Waals surface area contributed by atoms with Gasteiger partial charge in [-0.3, -0.25) is 24.0 Å². The maximum absolute atomic E-state index is 14.2. The molecule has 0 radical (unpaired) electrons. The number of carboxylic acids is 1. The van der Waals surface area contributed by atoms with E-state index in [1.807, 2.05) is 13.8 Å². The van der Waals surface area contributed by atoms with Crippen LogP contribution in [0.1, 0.15) is 79.9 Å². The highest BCUT2D eigenvalue weighted by atomic mass is 32.1. The maximum Gasteiger partial charge on any atom is 0.329 e. The number of rotatable bonds is 19. The van der Waals surface area contributed by atoms with Gasteiger partial charge in [0.1, 0.15) is 23.9 Å². The third-order valence-electron chi connectivity index (χ3n) is 9.08. The minimum Gasteiger partial charge on any atom is -0.508 e. The first-order valence-corrected chi connectivity index (χ1v) is 19.6. The van der Waals surface area contributed by atoms with Crippen molar-refractivity contribution in [2.24, 2.45) is 11.7 Å². The Morgan fingerprint density at radius 1 is 0.754 bits per heavy atom. The van der Waals surface area contributed by atoms with Crippen LogP contribution in [-0.4, -0.2) is 120 Å². The van der Waals surface area contributed by atoms with E-state index in [9.17, 15) is 44.1 Å². The van der Waals surface area contributed by atoms with Crippen LogP contribution in [-0.2, 0) is 41.6 Å². The molecule has 0 aromatic heterocycles. The summed E-state index contributed by atoms with van der Waals surface area (Å²) < 4.78 is 0. The summed E-state index contributed by atoms with van der Waals surface area (Å²) in [6, 6.07) is 8.86. The number of carbonyl (C=O) groups excluding carboxylic acids is 5. The van der Waals surface area contributed by atoms with Crippen LogP contribution in [0.2, 0.25) is 0 Å². The van der Waals surface area contributed by atoms with Crippen LogP contribution in [0.5, 0.6) is 5.75 Å².